The smallest absolute Gasteiger partial charge is 0.308 e. The highest BCUT2D eigenvalue weighted by Gasteiger charge is 2.54. The summed E-state index contributed by atoms with van der Waals surface area (Å²) in [7, 11) is 0. The van der Waals surface area contributed by atoms with Crippen LogP contribution in [0.25, 0.3) is 0 Å². The molecule has 2 N–H and O–H groups in total. The summed E-state index contributed by atoms with van der Waals surface area (Å²) in [6.45, 7) is 2.84. The highest BCUT2D eigenvalue weighted by Crippen LogP contribution is 2.43. The van der Waals surface area contributed by atoms with Crippen LogP contribution in [0.1, 0.15) is 39.0 Å². The topological polar surface area (TPSA) is 69.6 Å². The third-order valence-corrected chi connectivity index (χ3v) is 4.93. The molecule has 3 heterocycles. The van der Waals surface area contributed by atoms with Crippen molar-refractivity contribution in [3.05, 3.63) is 0 Å². The summed E-state index contributed by atoms with van der Waals surface area (Å²) in [4.78, 5) is 25.8. The zero-order valence-electron chi connectivity index (χ0n) is 10.7. The van der Waals surface area contributed by atoms with Crippen molar-refractivity contribution < 1.29 is 14.7 Å². The summed E-state index contributed by atoms with van der Waals surface area (Å²) < 4.78 is 0. The first-order valence-electron chi connectivity index (χ1n) is 6.83. The van der Waals surface area contributed by atoms with Gasteiger partial charge < -0.3 is 15.3 Å². The second-order valence-corrected chi connectivity index (χ2v) is 6.05. The molecule has 3 fully saturated rings. The van der Waals surface area contributed by atoms with Gasteiger partial charge in [-0.25, -0.2) is 0 Å². The second-order valence-electron chi connectivity index (χ2n) is 6.05. The Kier molecular flexibility index (Phi) is 2.62. The van der Waals surface area contributed by atoms with Crippen LogP contribution in [0.3, 0.4) is 0 Å². The van der Waals surface area contributed by atoms with Crippen molar-refractivity contribution in [2.24, 2.45) is 5.92 Å². The molecule has 3 aliphatic heterocycles. The van der Waals surface area contributed by atoms with Crippen LogP contribution in [-0.4, -0.2) is 46.1 Å². The molecule has 5 heteroatoms. The molecule has 0 aromatic carbocycles. The first-order chi connectivity index (χ1) is 8.53. The molecule has 4 unspecified atom stereocenters. The standard InChI is InChI=1S/C13H20N2O3/c1-13(5-2-6-14-13)12(18)15-8-3-4-10(15)9(7-8)11(16)17/h8-10,14H,2-7H2,1H3,(H,16,17). The molecule has 1 amide bonds. The molecule has 5 nitrogen and oxygen atoms in total. The Morgan fingerprint density at radius 1 is 1.39 bits per heavy atom. The van der Waals surface area contributed by atoms with Crippen molar-refractivity contribution in [2.75, 3.05) is 6.54 Å². The Bertz CT molecular complexity index is 390. The van der Waals surface area contributed by atoms with Crippen LogP contribution in [0.5, 0.6) is 0 Å². The van der Waals surface area contributed by atoms with E-state index in [0.717, 1.165) is 32.2 Å². The molecule has 0 aromatic heterocycles. The molecule has 3 saturated heterocycles. The summed E-state index contributed by atoms with van der Waals surface area (Å²) in [5.41, 5.74) is -0.464. The van der Waals surface area contributed by atoms with E-state index in [0.29, 0.717) is 6.42 Å². The number of nitrogens with one attached hydrogen (secondary N) is 1. The van der Waals surface area contributed by atoms with Crippen molar-refractivity contribution in [2.45, 2.75) is 56.7 Å². The molecule has 0 aromatic rings. The zero-order valence-corrected chi connectivity index (χ0v) is 10.7. The molecule has 0 aliphatic carbocycles. The predicted octanol–water partition coefficient (Wildman–Crippen LogP) is 0.593. The Hall–Kier alpha value is -1.10. The molecule has 2 bridgehead atoms. The van der Waals surface area contributed by atoms with Gasteiger partial charge in [-0.2, -0.15) is 0 Å². The third-order valence-electron chi connectivity index (χ3n) is 4.93. The Morgan fingerprint density at radius 2 is 2.17 bits per heavy atom. The highest BCUT2D eigenvalue weighted by molar-refractivity contribution is 5.88. The van der Waals surface area contributed by atoms with E-state index in [1.807, 2.05) is 11.8 Å². The van der Waals surface area contributed by atoms with Gasteiger partial charge >= 0.3 is 5.97 Å². The number of carboxylic acid groups (broad SMARTS) is 1. The minimum Gasteiger partial charge on any atom is -0.481 e. The van der Waals surface area contributed by atoms with Crippen LogP contribution < -0.4 is 5.32 Å². The average Bonchev–Trinajstić information content (AvgIpc) is 3.02. The second kappa shape index (κ2) is 3.95. The zero-order chi connectivity index (χ0) is 12.9. The highest BCUT2D eigenvalue weighted by atomic mass is 16.4. The maximum atomic E-state index is 12.7. The lowest BCUT2D eigenvalue weighted by Gasteiger charge is -2.32. The molecule has 3 rings (SSSR count). The Balaban J connectivity index is 1.81. The van der Waals surface area contributed by atoms with Gasteiger partial charge in [-0.1, -0.05) is 0 Å². The Morgan fingerprint density at radius 3 is 2.72 bits per heavy atom. The molecule has 4 atom stereocenters. The van der Waals surface area contributed by atoms with Crippen molar-refractivity contribution in [3.63, 3.8) is 0 Å². The SMILES string of the molecule is CC1(C(=O)N2C3CCC2C(C(=O)O)C3)CCCN1. The number of aliphatic carboxylic acids is 1. The van der Waals surface area contributed by atoms with Crippen LogP contribution in [0, 0.1) is 5.92 Å². The summed E-state index contributed by atoms with van der Waals surface area (Å²) in [5.74, 6) is -0.974. The van der Waals surface area contributed by atoms with Crippen molar-refractivity contribution >= 4 is 11.9 Å². The van der Waals surface area contributed by atoms with Crippen molar-refractivity contribution in [1.82, 2.24) is 10.2 Å². The van der Waals surface area contributed by atoms with Crippen LogP contribution in [0.4, 0.5) is 0 Å². The first kappa shape index (κ1) is 12.0. The van der Waals surface area contributed by atoms with Crippen LogP contribution in [0.2, 0.25) is 0 Å². The fourth-order valence-electron chi connectivity index (χ4n) is 3.93. The monoisotopic (exact) mass is 252 g/mol. The summed E-state index contributed by atoms with van der Waals surface area (Å²) >= 11 is 0. The summed E-state index contributed by atoms with van der Waals surface area (Å²) in [5, 5.41) is 12.5. The summed E-state index contributed by atoms with van der Waals surface area (Å²) in [6, 6.07) is 0.0852. The lowest BCUT2D eigenvalue weighted by Crippen LogP contribution is -2.54. The normalized spacial score (nSPS) is 42.5. The van der Waals surface area contributed by atoms with Gasteiger partial charge in [-0.15, -0.1) is 0 Å². The number of hydrogen-bond donors (Lipinski definition) is 2. The van der Waals surface area contributed by atoms with Crippen LogP contribution >= 0.6 is 0 Å². The number of nitrogens with zero attached hydrogens (tertiary/aromatic N) is 1. The van der Waals surface area contributed by atoms with Gasteiger partial charge in [-0.05, 0) is 45.6 Å². The van der Waals surface area contributed by atoms with E-state index in [1.54, 1.807) is 0 Å². The van der Waals surface area contributed by atoms with E-state index in [4.69, 9.17) is 0 Å². The molecule has 3 aliphatic rings. The van der Waals surface area contributed by atoms with E-state index in [-0.39, 0.29) is 23.9 Å². The van der Waals surface area contributed by atoms with E-state index in [9.17, 15) is 14.7 Å². The quantitative estimate of drug-likeness (QED) is 0.755. The predicted molar refractivity (Wildman–Crippen MR) is 65.0 cm³/mol. The van der Waals surface area contributed by atoms with Crippen molar-refractivity contribution in [1.29, 1.82) is 0 Å². The number of hydrogen-bond acceptors (Lipinski definition) is 3. The minimum absolute atomic E-state index is 0.0702. The van der Waals surface area contributed by atoms with Gasteiger partial charge in [0, 0.05) is 12.1 Å². The fraction of sp³-hybridized carbons (Fsp3) is 0.846. The van der Waals surface area contributed by atoms with Gasteiger partial charge in [-0.3, -0.25) is 9.59 Å². The average molecular weight is 252 g/mol. The molecule has 0 radical (unpaired) electrons. The lowest BCUT2D eigenvalue weighted by molar-refractivity contribution is -0.144. The maximum absolute atomic E-state index is 12.7. The number of carbonyl (C=O) groups is 2. The number of fused-ring (bicyclic) bond motifs is 2. The lowest BCUT2D eigenvalue weighted by atomic mass is 9.89. The fourth-order valence-corrected chi connectivity index (χ4v) is 3.93. The van der Waals surface area contributed by atoms with Gasteiger partial charge in [0.25, 0.3) is 0 Å². The Labute approximate surface area is 107 Å². The van der Waals surface area contributed by atoms with Gasteiger partial charge in [0.1, 0.15) is 0 Å². The first-order valence-corrected chi connectivity index (χ1v) is 6.83. The van der Waals surface area contributed by atoms with Gasteiger partial charge in [0.2, 0.25) is 5.91 Å². The molecule has 0 saturated carbocycles. The number of rotatable bonds is 2. The van der Waals surface area contributed by atoms with Crippen LogP contribution in [-0.2, 0) is 9.59 Å². The van der Waals surface area contributed by atoms with Crippen LogP contribution in [0.15, 0.2) is 0 Å². The number of carbonyl (C=O) groups excluding carboxylic acids is 1. The number of carboxylic acids is 1. The van der Waals surface area contributed by atoms with E-state index >= 15 is 0 Å². The molecule has 100 valence electrons. The summed E-state index contributed by atoms with van der Waals surface area (Å²) in [6.07, 6.45) is 4.34. The maximum Gasteiger partial charge on any atom is 0.308 e. The molecular formula is C13H20N2O3. The van der Waals surface area contributed by atoms with E-state index < -0.39 is 11.5 Å². The van der Waals surface area contributed by atoms with E-state index in [1.165, 1.54) is 0 Å². The minimum atomic E-state index is -0.746. The number of amides is 1. The van der Waals surface area contributed by atoms with E-state index in [2.05, 4.69) is 5.32 Å². The largest absolute Gasteiger partial charge is 0.481 e. The molecular weight excluding hydrogens is 232 g/mol. The van der Waals surface area contributed by atoms with Gasteiger partial charge in [0.05, 0.1) is 11.5 Å². The molecule has 0 spiro atoms. The van der Waals surface area contributed by atoms with Crippen molar-refractivity contribution in [3.8, 4) is 0 Å². The third kappa shape index (κ3) is 1.56. The molecule has 18 heavy (non-hydrogen) atoms. The van der Waals surface area contributed by atoms with Gasteiger partial charge in [0.15, 0.2) is 0 Å².